The number of hydrogen-bond donors (Lipinski definition) is 2. The zero-order valence-corrected chi connectivity index (χ0v) is 13.8. The quantitative estimate of drug-likeness (QED) is 0.398. The van der Waals surface area contributed by atoms with Crippen molar-refractivity contribution in [2.24, 2.45) is 5.11 Å². The number of fused-ring (bicyclic) bond motifs is 1. The van der Waals surface area contributed by atoms with Crippen molar-refractivity contribution in [3.8, 4) is 0 Å². The number of para-hydroxylation sites is 1. The van der Waals surface area contributed by atoms with Gasteiger partial charge in [-0.2, -0.15) is 0 Å². The van der Waals surface area contributed by atoms with Gasteiger partial charge in [0.15, 0.2) is 0 Å². The van der Waals surface area contributed by atoms with Crippen molar-refractivity contribution >= 4 is 38.2 Å². The van der Waals surface area contributed by atoms with Crippen molar-refractivity contribution in [3.63, 3.8) is 0 Å². The summed E-state index contributed by atoms with van der Waals surface area (Å²) in [5.41, 5.74) is 9.85. The zero-order chi connectivity index (χ0) is 17.2. The minimum Gasteiger partial charge on any atom is -0.358 e. The molecule has 7 nitrogen and oxygen atoms in total. The monoisotopic (exact) mass is 361 g/mol. The number of sulfonamides is 1. The van der Waals surface area contributed by atoms with Crippen LogP contribution in [0.5, 0.6) is 0 Å². The number of azide groups is 1. The summed E-state index contributed by atoms with van der Waals surface area (Å²) in [4.78, 5) is 5.69. The number of nitrogens with one attached hydrogen (secondary N) is 2. The van der Waals surface area contributed by atoms with E-state index < -0.39 is 10.0 Å². The number of hydrogen-bond acceptors (Lipinski definition) is 3. The number of rotatable bonds is 5. The molecule has 0 fully saturated rings. The van der Waals surface area contributed by atoms with E-state index in [2.05, 4.69) is 19.7 Å². The van der Waals surface area contributed by atoms with Gasteiger partial charge in [-0.1, -0.05) is 47.0 Å². The largest absolute Gasteiger partial charge is 0.358 e. The van der Waals surface area contributed by atoms with Crippen LogP contribution in [0.2, 0.25) is 5.02 Å². The van der Waals surface area contributed by atoms with Crippen LogP contribution in [0.15, 0.2) is 58.7 Å². The molecule has 0 aliphatic heterocycles. The van der Waals surface area contributed by atoms with Crippen LogP contribution in [0.4, 0.5) is 5.69 Å². The van der Waals surface area contributed by atoms with E-state index in [9.17, 15) is 8.42 Å². The topological polar surface area (TPSA) is 111 Å². The molecule has 2 N–H and O–H groups in total. The number of benzene rings is 2. The first kappa shape index (κ1) is 16.2. The van der Waals surface area contributed by atoms with Crippen LogP contribution in [0.1, 0.15) is 5.56 Å². The molecule has 1 heterocycles. The summed E-state index contributed by atoms with van der Waals surface area (Å²) in [6.07, 6.45) is 1.60. The molecule has 0 spiro atoms. The Balaban J connectivity index is 2.04. The second-order valence-corrected chi connectivity index (χ2v) is 7.02. The normalized spacial score (nSPS) is 11.2. The van der Waals surface area contributed by atoms with Crippen molar-refractivity contribution in [1.82, 2.24) is 4.98 Å². The van der Waals surface area contributed by atoms with Crippen LogP contribution in [0.3, 0.4) is 0 Å². The Morgan fingerprint density at radius 2 is 2.00 bits per heavy atom. The van der Waals surface area contributed by atoms with Gasteiger partial charge >= 0.3 is 0 Å². The van der Waals surface area contributed by atoms with Gasteiger partial charge in [0, 0.05) is 16.5 Å². The molecule has 0 amide bonds. The van der Waals surface area contributed by atoms with Gasteiger partial charge in [-0.25, -0.2) is 8.42 Å². The third kappa shape index (κ3) is 3.03. The van der Waals surface area contributed by atoms with Gasteiger partial charge in [-0.15, -0.1) is 0 Å². The Bertz CT molecular complexity index is 1050. The van der Waals surface area contributed by atoms with Gasteiger partial charge in [-0.3, -0.25) is 4.72 Å². The zero-order valence-electron chi connectivity index (χ0n) is 12.3. The summed E-state index contributed by atoms with van der Waals surface area (Å²) in [5.74, 6) is 0. The molecule has 0 radical (unpaired) electrons. The van der Waals surface area contributed by atoms with E-state index in [1.54, 1.807) is 42.6 Å². The lowest BCUT2D eigenvalue weighted by Gasteiger charge is -2.12. The smallest absolute Gasteiger partial charge is 0.262 e. The molecular weight excluding hydrogens is 350 g/mol. The van der Waals surface area contributed by atoms with Crippen LogP contribution in [0.25, 0.3) is 21.3 Å². The second kappa shape index (κ2) is 6.45. The molecule has 0 saturated heterocycles. The highest BCUT2D eigenvalue weighted by Gasteiger charge is 2.19. The van der Waals surface area contributed by atoms with Crippen LogP contribution in [-0.4, -0.2) is 13.4 Å². The molecule has 0 saturated carbocycles. The Morgan fingerprint density at radius 3 is 2.79 bits per heavy atom. The summed E-state index contributed by atoms with van der Waals surface area (Å²) in [5, 5.41) is 4.67. The minimum atomic E-state index is -3.85. The lowest BCUT2D eigenvalue weighted by atomic mass is 10.2. The first-order chi connectivity index (χ1) is 11.5. The summed E-state index contributed by atoms with van der Waals surface area (Å²) >= 11 is 6.06. The van der Waals surface area contributed by atoms with Crippen molar-refractivity contribution in [3.05, 3.63) is 69.7 Å². The Kier molecular flexibility index (Phi) is 4.35. The number of anilines is 1. The fourth-order valence-corrected chi connectivity index (χ4v) is 3.93. The van der Waals surface area contributed by atoms with E-state index in [1.165, 1.54) is 6.07 Å². The van der Waals surface area contributed by atoms with Crippen molar-refractivity contribution in [2.45, 2.75) is 11.4 Å². The maximum atomic E-state index is 12.7. The summed E-state index contributed by atoms with van der Waals surface area (Å²) in [6, 6.07) is 11.5. The molecule has 9 heteroatoms. The summed E-state index contributed by atoms with van der Waals surface area (Å²) in [6.45, 7) is -0.0495. The van der Waals surface area contributed by atoms with Gasteiger partial charge in [0.25, 0.3) is 10.0 Å². The van der Waals surface area contributed by atoms with Gasteiger partial charge in [0.05, 0.1) is 27.7 Å². The predicted octanol–water partition coefficient (Wildman–Crippen LogP) is 4.43. The van der Waals surface area contributed by atoms with Gasteiger partial charge < -0.3 is 4.98 Å². The summed E-state index contributed by atoms with van der Waals surface area (Å²) < 4.78 is 28.0. The average molecular weight is 362 g/mol. The number of aromatic amines is 1. The fourth-order valence-electron chi connectivity index (χ4n) is 2.41. The molecule has 122 valence electrons. The van der Waals surface area contributed by atoms with Gasteiger partial charge in [0.1, 0.15) is 0 Å². The van der Waals surface area contributed by atoms with Crippen LogP contribution >= 0.6 is 11.6 Å². The van der Waals surface area contributed by atoms with E-state index >= 15 is 0 Å². The van der Waals surface area contributed by atoms with Crippen molar-refractivity contribution < 1.29 is 8.42 Å². The molecule has 3 aromatic rings. The Labute approximate surface area is 142 Å². The highest BCUT2D eigenvalue weighted by Crippen LogP contribution is 2.30. The number of nitrogens with zero attached hydrogens (tertiary/aromatic N) is 3. The predicted molar refractivity (Wildman–Crippen MR) is 93.4 cm³/mol. The fraction of sp³-hybridized carbons (Fsp3) is 0.0667. The number of aromatic nitrogens is 1. The highest BCUT2D eigenvalue weighted by molar-refractivity contribution is 7.92. The minimum absolute atomic E-state index is 0.0495. The van der Waals surface area contributed by atoms with Gasteiger partial charge in [0.2, 0.25) is 0 Å². The molecule has 0 bridgehead atoms. The standard InChI is InChI=1S/C15H12ClN5O2S/c16-12-9-18-15-11(12)5-3-6-13(15)20-24(22,23)14-7-2-1-4-10(14)8-19-21-17/h1-7,9,18,20H,8H2. The van der Waals surface area contributed by atoms with E-state index in [-0.39, 0.29) is 11.4 Å². The van der Waals surface area contributed by atoms with E-state index in [4.69, 9.17) is 17.1 Å². The SMILES string of the molecule is [N-]=[N+]=NCc1ccccc1S(=O)(=O)Nc1cccc2c(Cl)c[nH]c12. The molecular formula is C15H12ClN5O2S. The second-order valence-electron chi connectivity index (χ2n) is 4.97. The van der Waals surface area contributed by atoms with Crippen LogP contribution in [0, 0.1) is 0 Å². The molecule has 1 aromatic heterocycles. The maximum absolute atomic E-state index is 12.7. The molecule has 0 atom stereocenters. The lowest BCUT2D eigenvalue weighted by Crippen LogP contribution is -2.15. The lowest BCUT2D eigenvalue weighted by molar-refractivity contribution is 0.600. The molecule has 0 unspecified atom stereocenters. The van der Waals surface area contributed by atoms with E-state index in [1.807, 2.05) is 0 Å². The van der Waals surface area contributed by atoms with Crippen molar-refractivity contribution in [2.75, 3.05) is 4.72 Å². The molecule has 2 aromatic carbocycles. The third-order valence-corrected chi connectivity index (χ3v) is 5.25. The molecule has 0 aliphatic rings. The van der Waals surface area contributed by atoms with E-state index in [0.717, 1.165) is 5.39 Å². The highest BCUT2D eigenvalue weighted by atomic mass is 35.5. The van der Waals surface area contributed by atoms with Gasteiger partial charge in [-0.05, 0) is 23.2 Å². The van der Waals surface area contributed by atoms with Crippen molar-refractivity contribution in [1.29, 1.82) is 0 Å². The first-order valence-electron chi connectivity index (χ1n) is 6.90. The average Bonchev–Trinajstić information content (AvgIpc) is 2.95. The number of halogens is 1. The number of H-pyrrole nitrogens is 1. The van der Waals surface area contributed by atoms with Crippen LogP contribution < -0.4 is 4.72 Å². The van der Waals surface area contributed by atoms with E-state index in [0.29, 0.717) is 21.8 Å². The maximum Gasteiger partial charge on any atom is 0.262 e. The first-order valence-corrected chi connectivity index (χ1v) is 8.76. The molecule has 24 heavy (non-hydrogen) atoms. The molecule has 3 rings (SSSR count). The summed E-state index contributed by atoms with van der Waals surface area (Å²) in [7, 11) is -3.85. The molecule has 0 aliphatic carbocycles. The Morgan fingerprint density at radius 1 is 1.21 bits per heavy atom. The van der Waals surface area contributed by atoms with Crippen LogP contribution in [-0.2, 0) is 16.6 Å². The third-order valence-electron chi connectivity index (χ3n) is 3.48. The Hall–Kier alpha value is -2.67.